The number of esters is 4. The van der Waals surface area contributed by atoms with E-state index in [9.17, 15) is 19.2 Å². The Morgan fingerprint density at radius 2 is 0.741 bits per heavy atom. The molecule has 0 fully saturated rings. The van der Waals surface area contributed by atoms with E-state index in [0.717, 1.165) is 89.9 Å². The molecular formula is C48H56O10. The fourth-order valence-electron chi connectivity index (χ4n) is 6.13. The van der Waals surface area contributed by atoms with Crippen LogP contribution in [0.1, 0.15) is 111 Å². The lowest BCUT2D eigenvalue weighted by Crippen LogP contribution is -2.10. The molecule has 0 aromatic heterocycles. The molecule has 0 aliphatic rings. The van der Waals surface area contributed by atoms with Crippen molar-refractivity contribution < 1.29 is 47.6 Å². The van der Waals surface area contributed by atoms with Crippen LogP contribution in [0, 0.1) is 0 Å². The Morgan fingerprint density at radius 3 is 1.09 bits per heavy atom. The second-order valence-electron chi connectivity index (χ2n) is 13.8. The molecule has 10 heteroatoms. The van der Waals surface area contributed by atoms with Crippen LogP contribution < -0.4 is 18.9 Å². The minimum absolute atomic E-state index is 0.349. The molecule has 0 amide bonds. The number of unbranched alkanes of at least 4 members (excludes halogenated alkanes) is 12. The van der Waals surface area contributed by atoms with Gasteiger partial charge in [-0.1, -0.05) is 102 Å². The third kappa shape index (κ3) is 16.3. The average molecular weight is 793 g/mol. The van der Waals surface area contributed by atoms with Crippen molar-refractivity contribution in [2.75, 3.05) is 26.4 Å². The van der Waals surface area contributed by atoms with Gasteiger partial charge in [-0.05, 0) is 86.3 Å². The van der Waals surface area contributed by atoms with Gasteiger partial charge in [-0.2, -0.15) is 0 Å². The molecule has 308 valence electrons. The first-order valence-electron chi connectivity index (χ1n) is 20.4. The minimum atomic E-state index is -0.514. The van der Waals surface area contributed by atoms with Crippen molar-refractivity contribution in [2.24, 2.45) is 0 Å². The molecule has 0 unspecified atom stereocenters. The first kappa shape index (κ1) is 44.8. The predicted octanol–water partition coefficient (Wildman–Crippen LogP) is 11.0. The smallest absolute Gasteiger partial charge is 0.343 e. The van der Waals surface area contributed by atoms with Gasteiger partial charge in [0.15, 0.2) is 0 Å². The highest BCUT2D eigenvalue weighted by Gasteiger charge is 2.16. The van der Waals surface area contributed by atoms with Crippen LogP contribution in [0.5, 0.6) is 23.0 Å². The molecule has 0 saturated carbocycles. The summed E-state index contributed by atoms with van der Waals surface area (Å²) < 4.78 is 33.3. The van der Waals surface area contributed by atoms with Crippen molar-refractivity contribution in [3.05, 3.63) is 121 Å². The van der Waals surface area contributed by atoms with E-state index in [1.165, 1.54) is 12.2 Å². The van der Waals surface area contributed by atoms with Gasteiger partial charge in [0, 0.05) is 22.9 Å². The predicted molar refractivity (Wildman–Crippen MR) is 225 cm³/mol. The topological polar surface area (TPSA) is 124 Å². The van der Waals surface area contributed by atoms with Gasteiger partial charge in [0.1, 0.15) is 23.0 Å². The van der Waals surface area contributed by atoms with E-state index in [1.807, 2.05) is 24.3 Å². The Balaban J connectivity index is 1.15. The van der Waals surface area contributed by atoms with Crippen LogP contribution in [0.25, 0.3) is 10.8 Å². The molecule has 0 aliphatic heterocycles. The van der Waals surface area contributed by atoms with Gasteiger partial charge in [-0.25, -0.2) is 19.2 Å². The summed E-state index contributed by atoms with van der Waals surface area (Å²) in [5.74, 6) is 0.294. The number of carbonyl (C=O) groups excluding carboxylic acids is 4. The number of fused-ring (bicyclic) bond motifs is 1. The van der Waals surface area contributed by atoms with E-state index < -0.39 is 11.9 Å². The number of rotatable bonds is 28. The zero-order valence-corrected chi connectivity index (χ0v) is 33.5. The fraction of sp³-hybridized carbons (Fsp3) is 0.375. The van der Waals surface area contributed by atoms with Crippen LogP contribution in [0.15, 0.2) is 110 Å². The molecule has 4 rings (SSSR count). The van der Waals surface area contributed by atoms with E-state index in [1.54, 1.807) is 60.7 Å². The molecule has 58 heavy (non-hydrogen) atoms. The van der Waals surface area contributed by atoms with Crippen LogP contribution in [-0.2, 0) is 19.1 Å². The van der Waals surface area contributed by atoms with Gasteiger partial charge in [-0.3, -0.25) is 0 Å². The molecule has 0 heterocycles. The monoisotopic (exact) mass is 792 g/mol. The van der Waals surface area contributed by atoms with Crippen LogP contribution in [0.3, 0.4) is 0 Å². The van der Waals surface area contributed by atoms with Crippen molar-refractivity contribution in [1.29, 1.82) is 0 Å². The maximum Gasteiger partial charge on any atom is 0.343 e. The maximum absolute atomic E-state index is 13.1. The Kier molecular flexibility index (Phi) is 20.2. The summed E-state index contributed by atoms with van der Waals surface area (Å²) in [6, 6.07) is 24.3. The molecule has 0 aliphatic carbocycles. The zero-order chi connectivity index (χ0) is 41.2. The second kappa shape index (κ2) is 26.1. The van der Waals surface area contributed by atoms with E-state index >= 15 is 0 Å². The summed E-state index contributed by atoms with van der Waals surface area (Å²) in [6.07, 6.45) is 16.9. The number of benzene rings is 4. The third-order valence-electron chi connectivity index (χ3n) is 9.37. The molecule has 0 saturated heterocycles. The number of carbonyl (C=O) groups is 4. The lowest BCUT2D eigenvalue weighted by molar-refractivity contribution is -0.138. The van der Waals surface area contributed by atoms with Crippen molar-refractivity contribution >= 4 is 34.6 Å². The molecular weight excluding hydrogens is 737 g/mol. The molecule has 0 bridgehead atoms. The van der Waals surface area contributed by atoms with Gasteiger partial charge >= 0.3 is 23.9 Å². The first-order valence-corrected chi connectivity index (χ1v) is 20.4. The summed E-state index contributed by atoms with van der Waals surface area (Å²) in [6.45, 7) is 8.84. The molecule has 0 spiro atoms. The number of hydrogen-bond donors (Lipinski definition) is 0. The largest absolute Gasteiger partial charge is 0.494 e. The van der Waals surface area contributed by atoms with Gasteiger partial charge in [0.05, 0.1) is 37.6 Å². The number of hydrogen-bond acceptors (Lipinski definition) is 10. The van der Waals surface area contributed by atoms with E-state index in [2.05, 4.69) is 13.2 Å². The molecule has 0 atom stereocenters. The van der Waals surface area contributed by atoms with Crippen LogP contribution >= 0.6 is 0 Å². The van der Waals surface area contributed by atoms with Crippen LogP contribution in [0.4, 0.5) is 0 Å². The van der Waals surface area contributed by atoms with Gasteiger partial charge in [0.25, 0.3) is 0 Å². The van der Waals surface area contributed by atoms with E-state index in [4.69, 9.17) is 28.4 Å². The van der Waals surface area contributed by atoms with Crippen molar-refractivity contribution in [3.8, 4) is 23.0 Å². The van der Waals surface area contributed by atoms with Crippen LogP contribution in [0.2, 0.25) is 0 Å². The molecule has 0 radical (unpaired) electrons. The Labute approximate surface area is 342 Å². The Hall–Kier alpha value is -5.90. The number of ether oxygens (including phenoxy) is 6. The third-order valence-corrected chi connectivity index (χ3v) is 9.37. The van der Waals surface area contributed by atoms with E-state index in [0.29, 0.717) is 71.3 Å². The summed E-state index contributed by atoms with van der Waals surface area (Å²) >= 11 is 0. The first-order chi connectivity index (χ1) is 28.4. The summed E-state index contributed by atoms with van der Waals surface area (Å²) in [5.41, 5.74) is 0.764. The summed E-state index contributed by atoms with van der Waals surface area (Å²) in [7, 11) is 0. The second-order valence-corrected chi connectivity index (χ2v) is 13.8. The highest BCUT2D eigenvalue weighted by atomic mass is 16.5. The average Bonchev–Trinajstić information content (AvgIpc) is 3.25. The Bertz CT molecular complexity index is 1760. The van der Waals surface area contributed by atoms with Crippen molar-refractivity contribution in [2.45, 2.75) is 89.9 Å². The van der Waals surface area contributed by atoms with Gasteiger partial charge in [-0.15, -0.1) is 0 Å². The van der Waals surface area contributed by atoms with Crippen molar-refractivity contribution in [3.63, 3.8) is 0 Å². The van der Waals surface area contributed by atoms with E-state index in [-0.39, 0.29) is 11.9 Å². The highest BCUT2D eigenvalue weighted by Crippen LogP contribution is 2.34. The normalized spacial score (nSPS) is 10.7. The quantitative estimate of drug-likeness (QED) is 0.0238. The molecule has 4 aromatic carbocycles. The van der Waals surface area contributed by atoms with Crippen LogP contribution in [-0.4, -0.2) is 50.3 Å². The van der Waals surface area contributed by atoms with Crippen molar-refractivity contribution in [1.82, 2.24) is 0 Å². The molecule has 10 nitrogen and oxygen atoms in total. The molecule has 0 N–H and O–H groups in total. The highest BCUT2D eigenvalue weighted by molar-refractivity contribution is 6.00. The minimum Gasteiger partial charge on any atom is -0.494 e. The Morgan fingerprint density at radius 1 is 0.414 bits per heavy atom. The van der Waals surface area contributed by atoms with Gasteiger partial charge < -0.3 is 28.4 Å². The molecule has 4 aromatic rings. The fourth-order valence-corrected chi connectivity index (χ4v) is 6.13. The maximum atomic E-state index is 13.1. The SMILES string of the molecule is C=CC(=O)OCCCCCCCCCOc1ccc(C(=O)Oc2ccc(OC(=O)c3ccc(OCCCCCCCCCOC(=O)C=C)cc3)c3ccccc23)cc1. The summed E-state index contributed by atoms with van der Waals surface area (Å²) in [5, 5.41) is 1.26. The van der Waals surface area contributed by atoms with Gasteiger partial charge in [0.2, 0.25) is 0 Å². The zero-order valence-electron chi connectivity index (χ0n) is 33.5. The summed E-state index contributed by atoms with van der Waals surface area (Å²) in [4.78, 5) is 48.3. The lowest BCUT2D eigenvalue weighted by atomic mass is 10.1. The standard InChI is InChI=1S/C48H56O10/c1-3-45(49)55-35-19-13-9-5-7-11-17-33-53-39-27-23-37(24-28-39)47(51)57-43-31-32-44(42-22-16-15-21-41(42)43)58-48(52)38-25-29-40(30-26-38)54-34-18-12-8-6-10-14-20-36-56-46(50)4-2/h3-4,15-16,21-32H,1-2,5-14,17-20,33-36H2. The lowest BCUT2D eigenvalue weighted by Gasteiger charge is -2.12.